The van der Waals surface area contributed by atoms with Crippen LogP contribution in [0.25, 0.3) is 0 Å². The molecular formula is C24H35N3O5. The highest BCUT2D eigenvalue weighted by Gasteiger charge is 2.21. The van der Waals surface area contributed by atoms with Crippen LogP contribution in [0.4, 0.5) is 4.79 Å². The van der Waals surface area contributed by atoms with Crippen LogP contribution in [0.2, 0.25) is 0 Å². The van der Waals surface area contributed by atoms with Crippen LogP contribution in [-0.2, 0) is 24.3 Å². The predicted molar refractivity (Wildman–Crippen MR) is 121 cm³/mol. The molecule has 1 aromatic heterocycles. The second-order valence-corrected chi connectivity index (χ2v) is 9.39. The Balaban J connectivity index is 1.46. The molecule has 0 saturated carbocycles. The van der Waals surface area contributed by atoms with Gasteiger partial charge in [0.2, 0.25) is 0 Å². The number of rotatable bonds is 8. The van der Waals surface area contributed by atoms with E-state index in [4.69, 9.17) is 14.0 Å². The molecule has 0 bridgehead atoms. The Kier molecular flexibility index (Phi) is 7.79. The minimum absolute atomic E-state index is 0.185. The van der Waals surface area contributed by atoms with Crippen molar-refractivity contribution in [2.24, 2.45) is 0 Å². The molecule has 8 heteroatoms. The average molecular weight is 446 g/mol. The molecule has 8 nitrogen and oxygen atoms in total. The third-order valence-corrected chi connectivity index (χ3v) is 5.61. The van der Waals surface area contributed by atoms with Gasteiger partial charge in [-0.3, -0.25) is 4.90 Å². The number of aliphatic hydroxyl groups is 1. The number of nitrogens with one attached hydrogen (secondary N) is 1. The van der Waals surface area contributed by atoms with Gasteiger partial charge in [0.05, 0.1) is 17.4 Å². The maximum Gasteiger partial charge on any atom is 0.407 e. The Hall–Kier alpha value is -2.58. The highest BCUT2D eigenvalue weighted by atomic mass is 16.6. The van der Waals surface area contributed by atoms with Crippen LogP contribution < -0.4 is 10.1 Å². The molecule has 1 aromatic carbocycles. The van der Waals surface area contributed by atoms with Crippen molar-refractivity contribution in [3.8, 4) is 5.75 Å². The van der Waals surface area contributed by atoms with Gasteiger partial charge in [0.1, 0.15) is 24.2 Å². The lowest BCUT2D eigenvalue weighted by Crippen LogP contribution is -2.39. The van der Waals surface area contributed by atoms with Crippen LogP contribution in [0, 0.1) is 13.8 Å². The van der Waals surface area contributed by atoms with Crippen LogP contribution in [-0.4, -0.2) is 52.6 Å². The van der Waals surface area contributed by atoms with Crippen molar-refractivity contribution >= 4 is 6.09 Å². The monoisotopic (exact) mass is 445 g/mol. The zero-order valence-corrected chi connectivity index (χ0v) is 19.7. The summed E-state index contributed by atoms with van der Waals surface area (Å²) in [7, 11) is 0. The highest BCUT2D eigenvalue weighted by molar-refractivity contribution is 5.67. The van der Waals surface area contributed by atoms with E-state index in [2.05, 4.69) is 28.4 Å². The SMILES string of the molecule is Cc1nocc1COc1ccc2c(c1C)CCN(CC[C@@H](O)CNC(=O)OC(C)(C)C)C2. The van der Waals surface area contributed by atoms with E-state index in [0.29, 0.717) is 13.0 Å². The molecule has 1 aliphatic rings. The summed E-state index contributed by atoms with van der Waals surface area (Å²) < 4.78 is 16.2. The van der Waals surface area contributed by atoms with E-state index in [9.17, 15) is 9.90 Å². The van der Waals surface area contributed by atoms with E-state index in [1.54, 1.807) is 6.26 Å². The molecule has 2 N–H and O–H groups in total. The van der Waals surface area contributed by atoms with E-state index >= 15 is 0 Å². The van der Waals surface area contributed by atoms with Crippen LogP contribution in [0.1, 0.15) is 55.1 Å². The number of fused-ring (bicyclic) bond motifs is 1. The Morgan fingerprint density at radius 2 is 2.12 bits per heavy atom. The Labute approximate surface area is 189 Å². The largest absolute Gasteiger partial charge is 0.488 e. The standard InChI is InChI=1S/C24H35N3O5/c1-16-21-9-11-27(10-8-20(28)12-25-23(29)32-24(3,4)5)13-18(21)6-7-22(16)30-14-19-15-31-26-17(19)2/h6-7,15,20,28H,8-14H2,1-5H3,(H,25,29)/t20-/m1/s1. The van der Waals surface area contributed by atoms with E-state index in [1.165, 1.54) is 16.7 Å². The van der Waals surface area contributed by atoms with Crippen LogP contribution in [0.5, 0.6) is 5.75 Å². The summed E-state index contributed by atoms with van der Waals surface area (Å²) in [5.41, 5.74) is 5.07. The number of hydrogen-bond donors (Lipinski definition) is 2. The fourth-order valence-corrected chi connectivity index (χ4v) is 3.78. The number of ether oxygens (including phenoxy) is 2. The van der Waals surface area contributed by atoms with Gasteiger partial charge < -0.3 is 24.4 Å². The first-order valence-electron chi connectivity index (χ1n) is 11.1. The van der Waals surface area contributed by atoms with E-state index in [1.807, 2.05) is 33.8 Å². The molecule has 0 fully saturated rings. The number of aromatic nitrogens is 1. The molecule has 32 heavy (non-hydrogen) atoms. The first-order valence-corrected chi connectivity index (χ1v) is 11.1. The van der Waals surface area contributed by atoms with Crippen molar-refractivity contribution in [2.75, 3.05) is 19.6 Å². The molecule has 0 unspecified atom stereocenters. The second-order valence-electron chi connectivity index (χ2n) is 9.39. The number of hydrogen-bond acceptors (Lipinski definition) is 7. The third-order valence-electron chi connectivity index (χ3n) is 5.61. The number of aryl methyl sites for hydroxylation is 1. The first-order chi connectivity index (χ1) is 15.1. The number of amides is 1. The lowest BCUT2D eigenvalue weighted by Gasteiger charge is -2.31. The predicted octanol–water partition coefficient (Wildman–Crippen LogP) is 3.50. The van der Waals surface area contributed by atoms with Crippen LogP contribution in [0.15, 0.2) is 22.9 Å². The van der Waals surface area contributed by atoms with Gasteiger partial charge in [-0.15, -0.1) is 0 Å². The minimum Gasteiger partial charge on any atom is -0.488 e. The Morgan fingerprint density at radius 3 is 2.81 bits per heavy atom. The van der Waals surface area contributed by atoms with Crippen molar-refractivity contribution in [1.82, 2.24) is 15.4 Å². The molecule has 1 atom stereocenters. The zero-order chi connectivity index (χ0) is 23.3. The summed E-state index contributed by atoms with van der Waals surface area (Å²) in [6, 6.07) is 4.16. The third kappa shape index (κ3) is 6.71. The molecule has 176 valence electrons. The fourth-order valence-electron chi connectivity index (χ4n) is 3.78. The molecule has 0 radical (unpaired) electrons. The number of carbonyl (C=O) groups is 1. The number of aliphatic hydroxyl groups excluding tert-OH is 1. The molecule has 1 amide bonds. The van der Waals surface area contributed by atoms with Gasteiger partial charge in [-0.2, -0.15) is 0 Å². The van der Waals surface area contributed by atoms with Gasteiger partial charge in [-0.05, 0) is 70.2 Å². The minimum atomic E-state index is -0.609. The van der Waals surface area contributed by atoms with Crippen LogP contribution >= 0.6 is 0 Å². The molecule has 0 spiro atoms. The smallest absolute Gasteiger partial charge is 0.407 e. The summed E-state index contributed by atoms with van der Waals surface area (Å²) in [4.78, 5) is 14.1. The van der Waals surface area contributed by atoms with Gasteiger partial charge in [0.15, 0.2) is 0 Å². The average Bonchev–Trinajstić information content (AvgIpc) is 3.13. The van der Waals surface area contributed by atoms with E-state index in [0.717, 1.165) is 43.1 Å². The van der Waals surface area contributed by atoms with E-state index in [-0.39, 0.29) is 6.54 Å². The van der Waals surface area contributed by atoms with Gasteiger partial charge in [0.25, 0.3) is 0 Å². The first kappa shape index (κ1) is 24.1. The molecule has 2 aromatic rings. The van der Waals surface area contributed by atoms with Gasteiger partial charge >= 0.3 is 6.09 Å². The number of carbonyl (C=O) groups excluding carboxylic acids is 1. The van der Waals surface area contributed by atoms with Crippen LogP contribution in [0.3, 0.4) is 0 Å². The van der Waals surface area contributed by atoms with Gasteiger partial charge in [0, 0.05) is 26.2 Å². The Bertz CT molecular complexity index is 919. The van der Waals surface area contributed by atoms with E-state index < -0.39 is 17.8 Å². The molecule has 2 heterocycles. The summed E-state index contributed by atoms with van der Waals surface area (Å²) in [6.07, 6.45) is 2.04. The molecular weight excluding hydrogens is 410 g/mol. The van der Waals surface area contributed by atoms with Crippen molar-refractivity contribution in [1.29, 1.82) is 0 Å². The molecule has 1 aliphatic heterocycles. The summed E-state index contributed by atoms with van der Waals surface area (Å²) in [6.45, 7) is 12.6. The molecule has 0 aliphatic carbocycles. The maximum absolute atomic E-state index is 11.7. The fraction of sp³-hybridized carbons (Fsp3) is 0.583. The second kappa shape index (κ2) is 10.4. The number of nitrogens with zero attached hydrogens (tertiary/aromatic N) is 2. The van der Waals surface area contributed by atoms with Crippen molar-refractivity contribution < 1.29 is 23.9 Å². The van der Waals surface area contributed by atoms with Gasteiger partial charge in [-0.25, -0.2) is 4.79 Å². The lowest BCUT2D eigenvalue weighted by atomic mass is 9.94. The van der Waals surface area contributed by atoms with Crippen molar-refractivity contribution in [2.45, 2.75) is 72.3 Å². The van der Waals surface area contributed by atoms with Crippen molar-refractivity contribution in [3.63, 3.8) is 0 Å². The zero-order valence-electron chi connectivity index (χ0n) is 19.7. The molecule has 0 saturated heterocycles. The normalized spacial score (nSPS) is 15.2. The topological polar surface area (TPSA) is 97.1 Å². The van der Waals surface area contributed by atoms with Gasteiger partial charge in [-0.1, -0.05) is 11.2 Å². The maximum atomic E-state index is 11.7. The quantitative estimate of drug-likeness (QED) is 0.642. The molecule has 3 rings (SSSR count). The number of alkyl carbamates (subject to hydrolysis) is 1. The lowest BCUT2D eigenvalue weighted by molar-refractivity contribution is 0.0482. The summed E-state index contributed by atoms with van der Waals surface area (Å²) >= 11 is 0. The highest BCUT2D eigenvalue weighted by Crippen LogP contribution is 2.30. The van der Waals surface area contributed by atoms with Crippen molar-refractivity contribution in [3.05, 3.63) is 46.3 Å². The number of benzene rings is 1. The Morgan fingerprint density at radius 1 is 1.34 bits per heavy atom. The summed E-state index contributed by atoms with van der Waals surface area (Å²) in [5.74, 6) is 0.890. The summed E-state index contributed by atoms with van der Waals surface area (Å²) in [5, 5.41) is 16.8.